The van der Waals surface area contributed by atoms with E-state index in [4.69, 9.17) is 11.6 Å². The van der Waals surface area contributed by atoms with Gasteiger partial charge in [0, 0.05) is 38.6 Å². The van der Waals surface area contributed by atoms with Gasteiger partial charge in [0.15, 0.2) is 0 Å². The van der Waals surface area contributed by atoms with Crippen molar-refractivity contribution in [3.63, 3.8) is 0 Å². The van der Waals surface area contributed by atoms with E-state index in [0.717, 1.165) is 12.1 Å². The maximum Gasteiger partial charge on any atom is 0.229 e. The van der Waals surface area contributed by atoms with Crippen LogP contribution in [0.3, 0.4) is 0 Å². The van der Waals surface area contributed by atoms with Gasteiger partial charge in [-0.3, -0.25) is 9.59 Å². The number of anilines is 2. The van der Waals surface area contributed by atoms with Gasteiger partial charge in [-0.15, -0.1) is 0 Å². The topological polar surface area (TPSA) is 52.7 Å². The lowest BCUT2D eigenvalue weighted by molar-refractivity contribution is -0.128. The highest BCUT2D eigenvalue weighted by Gasteiger charge is 2.34. The minimum atomic E-state index is -0.345. The first-order chi connectivity index (χ1) is 12.9. The van der Waals surface area contributed by atoms with Crippen LogP contribution >= 0.6 is 11.6 Å². The van der Waals surface area contributed by atoms with E-state index in [1.54, 1.807) is 17.0 Å². The second-order valence-corrected chi connectivity index (χ2v) is 7.46. The van der Waals surface area contributed by atoms with E-state index in [2.05, 4.69) is 5.32 Å². The van der Waals surface area contributed by atoms with Crippen LogP contribution < -0.4 is 10.2 Å². The zero-order valence-electron chi connectivity index (χ0n) is 15.6. The van der Waals surface area contributed by atoms with E-state index in [1.165, 1.54) is 5.56 Å². The first-order valence-electron chi connectivity index (χ1n) is 9.03. The largest absolute Gasteiger partial charge is 0.376 e. The summed E-state index contributed by atoms with van der Waals surface area (Å²) in [4.78, 5) is 28.7. The summed E-state index contributed by atoms with van der Waals surface area (Å²) in [6.45, 7) is 1.09. The molecule has 1 N–H and O–H groups in total. The average Bonchev–Trinajstić information content (AvgIpc) is 3.01. The second-order valence-electron chi connectivity index (χ2n) is 7.02. The minimum Gasteiger partial charge on any atom is -0.376 e. The van der Waals surface area contributed by atoms with E-state index < -0.39 is 0 Å². The van der Waals surface area contributed by atoms with Crippen LogP contribution in [-0.4, -0.2) is 43.9 Å². The molecule has 0 aliphatic carbocycles. The summed E-state index contributed by atoms with van der Waals surface area (Å²) in [6, 6.07) is 15.4. The number of halogens is 1. The summed E-state index contributed by atoms with van der Waals surface area (Å²) in [5, 5.41) is 3.50. The zero-order chi connectivity index (χ0) is 19.4. The molecule has 0 spiro atoms. The monoisotopic (exact) mass is 385 g/mol. The summed E-state index contributed by atoms with van der Waals surface area (Å²) >= 11 is 6.08. The molecule has 0 saturated carbocycles. The molecule has 2 aromatic carbocycles. The van der Waals surface area contributed by atoms with Crippen molar-refractivity contribution in [3.8, 4) is 0 Å². The molecule has 27 heavy (non-hydrogen) atoms. The Labute approximate surface area is 164 Å². The standard InChI is InChI=1S/C21H24ClN3O2/c1-24(2)19-9-8-17(22)13-18(19)23-21(27)16-12-20(26)25(14-16)11-10-15-6-4-3-5-7-15/h3-9,13,16H,10-12,14H2,1-2H3,(H,23,27). The molecule has 6 heteroatoms. The first kappa shape index (κ1) is 19.2. The Morgan fingerprint density at radius 1 is 1.22 bits per heavy atom. The van der Waals surface area contributed by atoms with Crippen LogP contribution in [0.2, 0.25) is 5.02 Å². The lowest BCUT2D eigenvalue weighted by Crippen LogP contribution is -2.30. The summed E-state index contributed by atoms with van der Waals surface area (Å²) in [7, 11) is 3.81. The summed E-state index contributed by atoms with van der Waals surface area (Å²) < 4.78 is 0. The lowest BCUT2D eigenvalue weighted by atomic mass is 10.1. The highest BCUT2D eigenvalue weighted by Crippen LogP contribution is 2.29. The van der Waals surface area contributed by atoms with Gasteiger partial charge in [0.25, 0.3) is 0 Å². The molecule has 1 aliphatic heterocycles. The van der Waals surface area contributed by atoms with E-state index in [0.29, 0.717) is 23.8 Å². The highest BCUT2D eigenvalue weighted by molar-refractivity contribution is 6.31. The summed E-state index contributed by atoms with van der Waals surface area (Å²) in [6.07, 6.45) is 1.04. The third-order valence-electron chi connectivity index (χ3n) is 4.80. The Balaban J connectivity index is 1.62. The van der Waals surface area contributed by atoms with Crippen LogP contribution in [-0.2, 0) is 16.0 Å². The fraction of sp³-hybridized carbons (Fsp3) is 0.333. The molecule has 1 heterocycles. The summed E-state index contributed by atoms with van der Waals surface area (Å²) in [5.74, 6) is -0.455. The number of hydrogen-bond acceptors (Lipinski definition) is 3. The molecule has 1 fully saturated rings. The molecule has 3 rings (SSSR count). The molecule has 1 atom stereocenters. The predicted octanol–water partition coefficient (Wildman–Crippen LogP) is 3.44. The molecular formula is C21H24ClN3O2. The molecule has 2 aromatic rings. The molecule has 142 valence electrons. The van der Waals surface area contributed by atoms with Gasteiger partial charge < -0.3 is 15.1 Å². The van der Waals surface area contributed by atoms with Gasteiger partial charge in [-0.25, -0.2) is 0 Å². The van der Waals surface area contributed by atoms with Crippen LogP contribution in [0, 0.1) is 5.92 Å². The molecular weight excluding hydrogens is 362 g/mol. The number of hydrogen-bond donors (Lipinski definition) is 1. The number of likely N-dealkylation sites (tertiary alicyclic amines) is 1. The van der Waals surface area contributed by atoms with Crippen molar-refractivity contribution in [1.82, 2.24) is 4.90 Å². The second kappa shape index (κ2) is 8.44. The zero-order valence-corrected chi connectivity index (χ0v) is 16.4. The average molecular weight is 386 g/mol. The maximum atomic E-state index is 12.7. The smallest absolute Gasteiger partial charge is 0.229 e. The highest BCUT2D eigenvalue weighted by atomic mass is 35.5. The van der Waals surface area contributed by atoms with Crippen LogP contribution in [0.5, 0.6) is 0 Å². The van der Waals surface area contributed by atoms with Crippen molar-refractivity contribution in [3.05, 3.63) is 59.1 Å². The van der Waals surface area contributed by atoms with Gasteiger partial charge in [-0.1, -0.05) is 41.9 Å². The van der Waals surface area contributed by atoms with Crippen molar-refractivity contribution in [2.24, 2.45) is 5.92 Å². The normalized spacial score (nSPS) is 16.5. The predicted molar refractivity (Wildman–Crippen MR) is 109 cm³/mol. The Morgan fingerprint density at radius 2 is 1.96 bits per heavy atom. The van der Waals surface area contributed by atoms with E-state index in [1.807, 2.05) is 55.4 Å². The number of nitrogens with zero attached hydrogens (tertiary/aromatic N) is 2. The number of carbonyl (C=O) groups excluding carboxylic acids is 2. The van der Waals surface area contributed by atoms with Crippen LogP contribution in [0.1, 0.15) is 12.0 Å². The molecule has 1 aliphatic rings. The van der Waals surface area contributed by atoms with Crippen molar-refractivity contribution >= 4 is 34.8 Å². The maximum absolute atomic E-state index is 12.7. The van der Waals surface area contributed by atoms with Gasteiger partial charge >= 0.3 is 0 Å². The Kier molecular flexibility index (Phi) is 6.01. The van der Waals surface area contributed by atoms with E-state index >= 15 is 0 Å². The van der Waals surface area contributed by atoms with Crippen LogP contribution in [0.4, 0.5) is 11.4 Å². The lowest BCUT2D eigenvalue weighted by Gasteiger charge is -2.20. The van der Waals surface area contributed by atoms with Crippen LogP contribution in [0.15, 0.2) is 48.5 Å². The third kappa shape index (κ3) is 4.80. The van der Waals surface area contributed by atoms with Gasteiger partial charge in [-0.2, -0.15) is 0 Å². The number of nitrogens with one attached hydrogen (secondary N) is 1. The van der Waals surface area contributed by atoms with E-state index in [-0.39, 0.29) is 24.2 Å². The molecule has 2 amide bonds. The number of amides is 2. The number of benzene rings is 2. The molecule has 1 unspecified atom stereocenters. The number of carbonyl (C=O) groups is 2. The molecule has 0 bridgehead atoms. The fourth-order valence-electron chi connectivity index (χ4n) is 3.31. The van der Waals surface area contributed by atoms with Gasteiger partial charge in [0.1, 0.15) is 0 Å². The quantitative estimate of drug-likeness (QED) is 0.828. The Bertz CT molecular complexity index is 823. The Morgan fingerprint density at radius 3 is 2.67 bits per heavy atom. The summed E-state index contributed by atoms with van der Waals surface area (Å²) in [5.41, 5.74) is 2.72. The van der Waals surface area contributed by atoms with E-state index in [9.17, 15) is 9.59 Å². The van der Waals surface area contributed by atoms with Gasteiger partial charge in [0.05, 0.1) is 17.3 Å². The van der Waals surface area contributed by atoms with Crippen molar-refractivity contribution < 1.29 is 9.59 Å². The molecule has 1 saturated heterocycles. The first-order valence-corrected chi connectivity index (χ1v) is 9.41. The SMILES string of the molecule is CN(C)c1ccc(Cl)cc1NC(=O)C1CC(=O)N(CCc2ccccc2)C1. The molecule has 5 nitrogen and oxygen atoms in total. The molecule has 0 aromatic heterocycles. The number of rotatable bonds is 6. The van der Waals surface area contributed by atoms with Crippen molar-refractivity contribution in [2.45, 2.75) is 12.8 Å². The van der Waals surface area contributed by atoms with Crippen LogP contribution in [0.25, 0.3) is 0 Å². The fourth-order valence-corrected chi connectivity index (χ4v) is 3.48. The van der Waals surface area contributed by atoms with Gasteiger partial charge in [0.2, 0.25) is 11.8 Å². The van der Waals surface area contributed by atoms with Gasteiger partial charge in [-0.05, 0) is 30.2 Å². The third-order valence-corrected chi connectivity index (χ3v) is 5.03. The molecule has 0 radical (unpaired) electrons. The van der Waals surface area contributed by atoms with Crippen molar-refractivity contribution in [1.29, 1.82) is 0 Å². The Hall–Kier alpha value is -2.53. The van der Waals surface area contributed by atoms with Crippen molar-refractivity contribution in [2.75, 3.05) is 37.4 Å². The minimum absolute atomic E-state index is 0.0324.